The number of rotatable bonds is 5. The highest BCUT2D eigenvalue weighted by Crippen LogP contribution is 2.30. The molecule has 1 aromatic heterocycles. The van der Waals surface area contributed by atoms with E-state index in [1.54, 1.807) is 24.3 Å². The zero-order chi connectivity index (χ0) is 17.8. The van der Waals surface area contributed by atoms with Crippen LogP contribution >= 0.6 is 11.3 Å². The lowest BCUT2D eigenvalue weighted by molar-refractivity contribution is -0.110. The standard InChI is InChI=1S/C19H16N4OS/c1-12-17(14-10-6-3-7-11-14)22-19(25-12)23-18(24)16(21)15(20)13-8-4-2-5-9-13/h2-11,20-21H,1H3,(H,22,23,24). The van der Waals surface area contributed by atoms with E-state index in [1.165, 1.54) is 11.3 Å². The molecule has 124 valence electrons. The number of hydrogen-bond acceptors (Lipinski definition) is 5. The number of aryl methyl sites for hydroxylation is 1. The molecule has 2 aromatic carbocycles. The van der Waals surface area contributed by atoms with Crippen LogP contribution in [0, 0.1) is 17.7 Å². The molecule has 0 saturated carbocycles. The predicted molar refractivity (Wildman–Crippen MR) is 102 cm³/mol. The third kappa shape index (κ3) is 3.70. The summed E-state index contributed by atoms with van der Waals surface area (Å²) in [5.74, 6) is -0.637. The Morgan fingerprint density at radius 3 is 2.24 bits per heavy atom. The summed E-state index contributed by atoms with van der Waals surface area (Å²) in [6.45, 7) is 1.94. The van der Waals surface area contributed by atoms with Crippen LogP contribution in [0.15, 0.2) is 60.7 Å². The minimum atomic E-state index is -0.637. The molecule has 0 spiro atoms. The minimum absolute atomic E-state index is 0.116. The molecule has 0 radical (unpaired) electrons. The predicted octanol–water partition coefficient (Wildman–Crippen LogP) is 4.14. The number of nitrogens with zero attached hydrogens (tertiary/aromatic N) is 1. The third-order valence-corrected chi connectivity index (χ3v) is 4.49. The molecule has 5 nitrogen and oxygen atoms in total. The molecule has 0 fully saturated rings. The Kier molecular flexibility index (Phi) is 4.81. The number of anilines is 1. The second-order valence-electron chi connectivity index (χ2n) is 5.36. The van der Waals surface area contributed by atoms with Gasteiger partial charge in [0.25, 0.3) is 5.91 Å². The molecule has 0 atom stereocenters. The molecule has 0 saturated heterocycles. The Hall–Kier alpha value is -3.12. The molecule has 6 heteroatoms. The summed E-state index contributed by atoms with van der Waals surface area (Å²) >= 11 is 1.35. The maximum absolute atomic E-state index is 12.3. The topological polar surface area (TPSA) is 89.7 Å². The molecule has 0 bridgehead atoms. The van der Waals surface area contributed by atoms with Crippen molar-refractivity contribution in [2.45, 2.75) is 6.92 Å². The summed E-state index contributed by atoms with van der Waals surface area (Å²) in [6, 6.07) is 18.5. The molecular formula is C19H16N4OS. The molecule has 3 N–H and O–H groups in total. The van der Waals surface area contributed by atoms with E-state index < -0.39 is 5.91 Å². The summed E-state index contributed by atoms with van der Waals surface area (Å²) in [6.07, 6.45) is 0. The zero-order valence-electron chi connectivity index (χ0n) is 13.5. The fourth-order valence-corrected chi connectivity index (χ4v) is 3.17. The van der Waals surface area contributed by atoms with Crippen molar-refractivity contribution in [2.75, 3.05) is 5.32 Å². The summed E-state index contributed by atoms with van der Waals surface area (Å²) in [4.78, 5) is 17.7. The average Bonchev–Trinajstić information content (AvgIpc) is 3.02. The largest absolute Gasteiger partial charge is 0.298 e. The zero-order valence-corrected chi connectivity index (χ0v) is 14.4. The summed E-state index contributed by atoms with van der Waals surface area (Å²) in [7, 11) is 0. The van der Waals surface area contributed by atoms with Crippen LogP contribution in [-0.2, 0) is 4.79 Å². The van der Waals surface area contributed by atoms with Crippen LogP contribution in [0.1, 0.15) is 10.4 Å². The van der Waals surface area contributed by atoms with Gasteiger partial charge in [-0.2, -0.15) is 0 Å². The van der Waals surface area contributed by atoms with Crippen molar-refractivity contribution in [3.63, 3.8) is 0 Å². The SMILES string of the molecule is Cc1sc(NC(=O)C(=N)C(=N)c2ccccc2)nc1-c1ccccc1. The average molecular weight is 348 g/mol. The summed E-state index contributed by atoms with van der Waals surface area (Å²) in [5, 5.41) is 19.0. The number of aromatic nitrogens is 1. The fraction of sp³-hybridized carbons (Fsp3) is 0.0526. The Bertz CT molecular complexity index is 933. The molecule has 0 aliphatic heterocycles. The van der Waals surface area contributed by atoms with Crippen molar-refractivity contribution >= 4 is 33.8 Å². The molecule has 1 heterocycles. The van der Waals surface area contributed by atoms with E-state index in [0.717, 1.165) is 16.1 Å². The first-order valence-electron chi connectivity index (χ1n) is 7.63. The van der Waals surface area contributed by atoms with E-state index >= 15 is 0 Å². The normalized spacial score (nSPS) is 10.3. The van der Waals surface area contributed by atoms with Crippen molar-refractivity contribution < 1.29 is 4.79 Å². The Morgan fingerprint density at radius 1 is 1.00 bits per heavy atom. The lowest BCUT2D eigenvalue weighted by Gasteiger charge is -2.05. The molecule has 0 unspecified atom stereocenters. The molecule has 1 amide bonds. The molecular weight excluding hydrogens is 332 g/mol. The highest BCUT2D eigenvalue weighted by atomic mass is 32.1. The van der Waals surface area contributed by atoms with E-state index in [1.807, 2.05) is 43.3 Å². The van der Waals surface area contributed by atoms with Crippen molar-refractivity contribution in [2.24, 2.45) is 0 Å². The Balaban J connectivity index is 1.75. The third-order valence-electron chi connectivity index (χ3n) is 3.60. The molecule has 3 rings (SSSR count). The summed E-state index contributed by atoms with van der Waals surface area (Å²) < 4.78 is 0. The monoisotopic (exact) mass is 348 g/mol. The molecule has 0 aliphatic rings. The van der Waals surface area contributed by atoms with Gasteiger partial charge < -0.3 is 0 Å². The molecule has 0 aliphatic carbocycles. The van der Waals surface area contributed by atoms with E-state index in [2.05, 4.69) is 10.3 Å². The van der Waals surface area contributed by atoms with Gasteiger partial charge >= 0.3 is 0 Å². The van der Waals surface area contributed by atoms with Gasteiger partial charge in [-0.25, -0.2) is 4.98 Å². The maximum atomic E-state index is 12.3. The van der Waals surface area contributed by atoms with Crippen LogP contribution in [0.4, 0.5) is 5.13 Å². The van der Waals surface area contributed by atoms with Gasteiger partial charge in [0.15, 0.2) is 5.13 Å². The Morgan fingerprint density at radius 2 is 1.60 bits per heavy atom. The van der Waals surface area contributed by atoms with E-state index in [4.69, 9.17) is 10.8 Å². The first-order valence-corrected chi connectivity index (χ1v) is 8.45. The Labute approximate surface area is 149 Å². The number of amides is 1. The van der Waals surface area contributed by atoms with Crippen LogP contribution in [0.2, 0.25) is 0 Å². The number of benzene rings is 2. The smallest absolute Gasteiger partial charge is 0.277 e. The van der Waals surface area contributed by atoms with E-state index in [9.17, 15) is 4.79 Å². The van der Waals surface area contributed by atoms with E-state index in [-0.39, 0.29) is 11.4 Å². The van der Waals surface area contributed by atoms with Crippen molar-refractivity contribution in [1.82, 2.24) is 4.98 Å². The van der Waals surface area contributed by atoms with Gasteiger partial charge in [0.2, 0.25) is 0 Å². The van der Waals surface area contributed by atoms with Gasteiger partial charge in [0, 0.05) is 16.0 Å². The molecule has 3 aromatic rings. The second kappa shape index (κ2) is 7.19. The van der Waals surface area contributed by atoms with Crippen LogP contribution in [0.3, 0.4) is 0 Å². The maximum Gasteiger partial charge on any atom is 0.277 e. The van der Waals surface area contributed by atoms with Crippen molar-refractivity contribution in [3.05, 3.63) is 71.1 Å². The number of thiazole rings is 1. The highest BCUT2D eigenvalue weighted by molar-refractivity contribution is 7.16. The molecule has 25 heavy (non-hydrogen) atoms. The van der Waals surface area contributed by atoms with Crippen LogP contribution < -0.4 is 5.32 Å². The first-order chi connectivity index (χ1) is 12.1. The fourth-order valence-electron chi connectivity index (χ4n) is 2.34. The van der Waals surface area contributed by atoms with E-state index in [0.29, 0.717) is 10.7 Å². The first kappa shape index (κ1) is 16.7. The van der Waals surface area contributed by atoms with Crippen LogP contribution in [0.25, 0.3) is 11.3 Å². The van der Waals surface area contributed by atoms with Gasteiger partial charge in [-0.3, -0.25) is 20.9 Å². The van der Waals surface area contributed by atoms with Gasteiger partial charge in [0.05, 0.1) is 11.4 Å². The quantitative estimate of drug-likeness (QED) is 0.605. The van der Waals surface area contributed by atoms with Gasteiger partial charge in [-0.1, -0.05) is 60.7 Å². The lowest BCUT2D eigenvalue weighted by atomic mass is 10.1. The van der Waals surface area contributed by atoms with Gasteiger partial charge in [0.1, 0.15) is 5.71 Å². The number of nitrogens with one attached hydrogen (secondary N) is 3. The second-order valence-corrected chi connectivity index (χ2v) is 6.56. The van der Waals surface area contributed by atoms with Crippen molar-refractivity contribution in [1.29, 1.82) is 10.8 Å². The number of hydrogen-bond donors (Lipinski definition) is 3. The highest BCUT2D eigenvalue weighted by Gasteiger charge is 2.19. The number of carbonyl (C=O) groups is 1. The van der Waals surface area contributed by atoms with Crippen LogP contribution in [0.5, 0.6) is 0 Å². The van der Waals surface area contributed by atoms with Crippen molar-refractivity contribution in [3.8, 4) is 11.3 Å². The van der Waals surface area contributed by atoms with Crippen LogP contribution in [-0.4, -0.2) is 22.3 Å². The van der Waals surface area contributed by atoms with Gasteiger partial charge in [-0.15, -0.1) is 11.3 Å². The van der Waals surface area contributed by atoms with Gasteiger partial charge in [-0.05, 0) is 6.92 Å². The summed E-state index contributed by atoms with van der Waals surface area (Å²) in [5.41, 5.74) is 1.81. The minimum Gasteiger partial charge on any atom is -0.298 e. The lowest BCUT2D eigenvalue weighted by Crippen LogP contribution is -2.29. The number of carbonyl (C=O) groups excluding carboxylic acids is 1.